The van der Waals surface area contributed by atoms with Gasteiger partial charge in [0, 0.05) is 50.0 Å². The van der Waals surface area contributed by atoms with Crippen LogP contribution < -0.4 is 11.1 Å². The molecule has 0 bridgehead atoms. The molecule has 1 unspecified atom stereocenters. The molecule has 0 radical (unpaired) electrons. The molecule has 10 aromatic rings. The summed E-state index contributed by atoms with van der Waals surface area (Å²) in [7, 11) is 0. The summed E-state index contributed by atoms with van der Waals surface area (Å²) in [4.78, 5) is 15.4. The summed E-state index contributed by atoms with van der Waals surface area (Å²) in [6.07, 6.45) is 2.21. The van der Waals surface area contributed by atoms with Gasteiger partial charge in [-0.05, 0) is 70.8 Å². The van der Waals surface area contributed by atoms with Crippen molar-refractivity contribution in [2.45, 2.75) is 6.04 Å². The Labute approximate surface area is 360 Å². The van der Waals surface area contributed by atoms with Crippen LogP contribution in [0.25, 0.3) is 84.7 Å². The molecular weight excluding hydrogens is 757 g/mol. The van der Waals surface area contributed by atoms with Crippen molar-refractivity contribution in [3.05, 3.63) is 240 Å². The van der Waals surface area contributed by atoms with Crippen LogP contribution in [0.3, 0.4) is 0 Å². The van der Waals surface area contributed by atoms with Gasteiger partial charge in [-0.3, -0.25) is 0 Å². The first-order valence-electron chi connectivity index (χ1n) is 20.9. The number of nitrogens with two attached hydrogens (primary N) is 1. The first-order chi connectivity index (χ1) is 30.7. The van der Waals surface area contributed by atoms with Crippen LogP contribution in [0, 0.1) is 0 Å². The quantitative estimate of drug-likeness (QED) is 0.160. The summed E-state index contributed by atoms with van der Waals surface area (Å²) in [6.45, 7) is 0. The number of nitrogens with zero attached hydrogens (tertiary/aromatic N) is 4. The van der Waals surface area contributed by atoms with Crippen molar-refractivity contribution in [1.29, 1.82) is 0 Å². The van der Waals surface area contributed by atoms with Gasteiger partial charge >= 0.3 is 0 Å². The largest absolute Gasteiger partial charge is 0.354 e. The van der Waals surface area contributed by atoms with Crippen LogP contribution >= 0.6 is 0 Å². The van der Waals surface area contributed by atoms with Crippen molar-refractivity contribution < 1.29 is 0 Å². The molecule has 1 aliphatic rings. The van der Waals surface area contributed by atoms with Crippen molar-refractivity contribution in [3.8, 4) is 39.9 Å². The average Bonchev–Trinajstić information content (AvgIpc) is 3.69. The second-order valence-electron chi connectivity index (χ2n) is 15.5. The molecule has 0 fully saturated rings. The lowest BCUT2D eigenvalue weighted by Gasteiger charge is -2.28. The van der Waals surface area contributed by atoms with Crippen LogP contribution in [0.4, 0.5) is 0 Å². The van der Waals surface area contributed by atoms with E-state index in [0.717, 1.165) is 67.2 Å². The van der Waals surface area contributed by atoms with Gasteiger partial charge in [0.25, 0.3) is 0 Å². The topological polar surface area (TPSA) is 81.6 Å². The lowest BCUT2D eigenvalue weighted by molar-refractivity contribution is 0.928. The molecule has 62 heavy (non-hydrogen) atoms. The van der Waals surface area contributed by atoms with Gasteiger partial charge in [-0.25, -0.2) is 15.0 Å². The molecule has 11 rings (SSSR count). The second-order valence-corrected chi connectivity index (χ2v) is 15.5. The van der Waals surface area contributed by atoms with Gasteiger partial charge < -0.3 is 15.6 Å². The third kappa shape index (κ3) is 6.75. The van der Waals surface area contributed by atoms with Crippen molar-refractivity contribution in [2.24, 2.45) is 5.73 Å². The molecular formula is C56H40N6. The average molecular weight is 797 g/mol. The minimum Gasteiger partial charge on any atom is -0.354 e. The smallest absolute Gasteiger partial charge is 0.164 e. The SMILES string of the molecule is NC(/C(=C1\NC(c2ccccc2)=Cc2cc(-c3nc(-c4ccccc4)nc(-c4ccc(-n5c6ccccc6c6ccccc65)cc4)n3)ccc21)c1ccccc1)c1ccccc1. The minimum absolute atomic E-state index is 0.399. The van der Waals surface area contributed by atoms with E-state index in [1.165, 1.54) is 21.8 Å². The van der Waals surface area contributed by atoms with Gasteiger partial charge in [0.2, 0.25) is 0 Å². The highest BCUT2D eigenvalue weighted by molar-refractivity contribution is 6.09. The maximum absolute atomic E-state index is 7.25. The predicted molar refractivity (Wildman–Crippen MR) is 255 cm³/mol. The molecule has 6 nitrogen and oxygen atoms in total. The fraction of sp³-hybridized carbons (Fsp3) is 0.0179. The van der Waals surface area contributed by atoms with Gasteiger partial charge in [-0.1, -0.05) is 170 Å². The highest BCUT2D eigenvalue weighted by atomic mass is 15.0. The van der Waals surface area contributed by atoms with Crippen LogP contribution in [0.1, 0.15) is 33.9 Å². The molecule has 8 aromatic carbocycles. The van der Waals surface area contributed by atoms with Gasteiger partial charge in [-0.15, -0.1) is 0 Å². The van der Waals surface area contributed by atoms with E-state index in [4.69, 9.17) is 20.7 Å². The molecule has 0 spiro atoms. The lowest BCUT2D eigenvalue weighted by Crippen LogP contribution is -2.22. The third-order valence-electron chi connectivity index (χ3n) is 11.7. The molecule has 1 atom stereocenters. The standard InChI is InChI=1S/C56H40N6/c57-52(39-21-9-3-10-22-39)51(38-19-7-2-8-20-38)53-45-34-31-42(35-43(45)36-48(58-53)37-17-5-1-6-18-37)56-60-54(40-23-11-4-12-24-40)59-55(61-56)41-29-32-44(33-30-41)62-49-27-15-13-25-46(49)47-26-14-16-28-50(47)62/h1-36,52,58H,57H2/b53-51-. The molecule has 0 saturated heterocycles. The maximum atomic E-state index is 7.25. The van der Waals surface area contributed by atoms with E-state index >= 15 is 0 Å². The number of nitrogens with one attached hydrogen (secondary N) is 1. The van der Waals surface area contributed by atoms with E-state index < -0.39 is 6.04 Å². The Kier molecular flexibility index (Phi) is 9.37. The molecule has 0 amide bonds. The van der Waals surface area contributed by atoms with Crippen molar-refractivity contribution in [1.82, 2.24) is 24.8 Å². The summed E-state index contributed by atoms with van der Waals surface area (Å²) in [5.41, 5.74) is 21.5. The van der Waals surface area contributed by atoms with E-state index in [1.54, 1.807) is 0 Å². The van der Waals surface area contributed by atoms with Gasteiger partial charge in [0.05, 0.1) is 22.8 Å². The molecule has 0 aliphatic carbocycles. The highest BCUT2D eigenvalue weighted by Crippen LogP contribution is 2.41. The number of para-hydroxylation sites is 2. The van der Waals surface area contributed by atoms with E-state index in [-0.39, 0.29) is 0 Å². The minimum atomic E-state index is -0.399. The fourth-order valence-electron chi connectivity index (χ4n) is 8.66. The first kappa shape index (κ1) is 36.9. The highest BCUT2D eigenvalue weighted by Gasteiger charge is 2.26. The molecule has 1 aliphatic heterocycles. The van der Waals surface area contributed by atoms with Gasteiger partial charge in [-0.2, -0.15) is 0 Å². The number of benzene rings is 8. The fourth-order valence-corrected chi connectivity index (χ4v) is 8.66. The third-order valence-corrected chi connectivity index (χ3v) is 11.7. The Morgan fingerprint density at radius 2 is 0.952 bits per heavy atom. The lowest BCUT2D eigenvalue weighted by atomic mass is 9.86. The Balaban J connectivity index is 1.06. The van der Waals surface area contributed by atoms with Crippen molar-refractivity contribution in [3.63, 3.8) is 0 Å². The molecule has 0 saturated carbocycles. The van der Waals surface area contributed by atoms with Crippen LogP contribution in [0.5, 0.6) is 0 Å². The molecule has 6 heteroatoms. The predicted octanol–water partition coefficient (Wildman–Crippen LogP) is 12.6. The van der Waals surface area contributed by atoms with E-state index in [2.05, 4.69) is 168 Å². The van der Waals surface area contributed by atoms with E-state index in [1.807, 2.05) is 60.7 Å². The molecule has 294 valence electrons. The second kappa shape index (κ2) is 15.8. The number of rotatable bonds is 8. The number of fused-ring (bicyclic) bond motifs is 4. The Morgan fingerprint density at radius 3 is 1.56 bits per heavy atom. The van der Waals surface area contributed by atoms with Crippen LogP contribution in [-0.4, -0.2) is 19.5 Å². The Hall–Kier alpha value is -8.19. The number of hydrogen-bond acceptors (Lipinski definition) is 5. The molecule has 3 N–H and O–H groups in total. The summed E-state index contributed by atoms with van der Waals surface area (Å²) in [6, 6.07) is 73.0. The number of hydrogen-bond donors (Lipinski definition) is 2. The maximum Gasteiger partial charge on any atom is 0.164 e. The summed E-state index contributed by atoms with van der Waals surface area (Å²) >= 11 is 0. The van der Waals surface area contributed by atoms with Crippen molar-refractivity contribution >= 4 is 44.8 Å². The normalized spacial score (nSPS) is 13.6. The first-order valence-corrected chi connectivity index (χ1v) is 20.9. The molecule has 2 aromatic heterocycles. The number of aromatic nitrogens is 4. The van der Waals surface area contributed by atoms with Gasteiger partial charge in [0.15, 0.2) is 17.5 Å². The van der Waals surface area contributed by atoms with Gasteiger partial charge in [0.1, 0.15) is 0 Å². The van der Waals surface area contributed by atoms with Crippen molar-refractivity contribution in [2.75, 3.05) is 0 Å². The van der Waals surface area contributed by atoms with E-state index in [9.17, 15) is 0 Å². The summed E-state index contributed by atoms with van der Waals surface area (Å²) in [5.74, 6) is 1.80. The van der Waals surface area contributed by atoms with Crippen LogP contribution in [0.2, 0.25) is 0 Å². The summed E-state index contributed by atoms with van der Waals surface area (Å²) < 4.78 is 2.32. The zero-order chi connectivity index (χ0) is 41.4. The van der Waals surface area contributed by atoms with E-state index in [0.29, 0.717) is 17.5 Å². The van der Waals surface area contributed by atoms with Crippen LogP contribution in [-0.2, 0) is 0 Å². The Morgan fingerprint density at radius 1 is 0.468 bits per heavy atom. The molecule has 3 heterocycles. The van der Waals surface area contributed by atoms with Crippen LogP contribution in [0.15, 0.2) is 212 Å². The summed E-state index contributed by atoms with van der Waals surface area (Å²) in [5, 5.41) is 6.30. The zero-order valence-electron chi connectivity index (χ0n) is 33.7. The monoisotopic (exact) mass is 796 g/mol. The zero-order valence-corrected chi connectivity index (χ0v) is 33.7. The Bertz CT molecular complexity index is 3250.